The van der Waals surface area contributed by atoms with E-state index in [0.717, 1.165) is 5.56 Å². The summed E-state index contributed by atoms with van der Waals surface area (Å²) >= 11 is 0. The highest BCUT2D eigenvalue weighted by molar-refractivity contribution is 5.73. The van der Waals surface area contributed by atoms with Crippen molar-refractivity contribution in [1.29, 1.82) is 0 Å². The van der Waals surface area contributed by atoms with Gasteiger partial charge in [0.15, 0.2) is 6.10 Å². The number of carbonyl (C=O) groups is 1. The van der Waals surface area contributed by atoms with E-state index in [1.54, 1.807) is 6.92 Å². The Morgan fingerprint density at radius 2 is 2.00 bits per heavy atom. The molecular formula is C11H14O3. The van der Waals surface area contributed by atoms with Crippen molar-refractivity contribution in [1.82, 2.24) is 0 Å². The third kappa shape index (κ3) is 3.18. The van der Waals surface area contributed by atoms with Crippen LogP contribution in [0.3, 0.4) is 0 Å². The summed E-state index contributed by atoms with van der Waals surface area (Å²) < 4.78 is 9.84. The SMILES string of the molecule is COC(=O)C(C)OCc1ccccc1. The molecule has 14 heavy (non-hydrogen) atoms. The van der Waals surface area contributed by atoms with E-state index >= 15 is 0 Å². The molecule has 0 saturated heterocycles. The van der Waals surface area contributed by atoms with Gasteiger partial charge in [0, 0.05) is 0 Å². The van der Waals surface area contributed by atoms with Gasteiger partial charge in [-0.3, -0.25) is 0 Å². The highest BCUT2D eigenvalue weighted by Crippen LogP contribution is 2.03. The van der Waals surface area contributed by atoms with Crippen LogP contribution in [0.1, 0.15) is 12.5 Å². The van der Waals surface area contributed by atoms with Crippen LogP contribution in [0.2, 0.25) is 0 Å². The van der Waals surface area contributed by atoms with Gasteiger partial charge < -0.3 is 9.47 Å². The fourth-order valence-electron chi connectivity index (χ4n) is 1.03. The number of hydrogen-bond acceptors (Lipinski definition) is 3. The van der Waals surface area contributed by atoms with Gasteiger partial charge in [0.1, 0.15) is 0 Å². The zero-order valence-corrected chi connectivity index (χ0v) is 8.40. The molecule has 0 aromatic heterocycles. The molecule has 0 aliphatic heterocycles. The number of methoxy groups -OCH3 is 1. The van der Waals surface area contributed by atoms with Gasteiger partial charge in [0.05, 0.1) is 13.7 Å². The van der Waals surface area contributed by atoms with Gasteiger partial charge in [-0.15, -0.1) is 0 Å². The number of rotatable bonds is 4. The van der Waals surface area contributed by atoms with Gasteiger partial charge in [-0.25, -0.2) is 4.79 Å². The van der Waals surface area contributed by atoms with Crippen molar-refractivity contribution in [3.8, 4) is 0 Å². The first kappa shape index (κ1) is 10.7. The monoisotopic (exact) mass is 194 g/mol. The van der Waals surface area contributed by atoms with E-state index in [0.29, 0.717) is 6.61 Å². The number of esters is 1. The molecule has 1 unspecified atom stereocenters. The maximum Gasteiger partial charge on any atom is 0.334 e. The van der Waals surface area contributed by atoms with Crippen molar-refractivity contribution in [2.24, 2.45) is 0 Å². The third-order valence-corrected chi connectivity index (χ3v) is 1.88. The fraction of sp³-hybridized carbons (Fsp3) is 0.364. The minimum atomic E-state index is -0.514. The summed E-state index contributed by atoms with van der Waals surface area (Å²) in [7, 11) is 1.35. The van der Waals surface area contributed by atoms with Crippen LogP contribution in [0.5, 0.6) is 0 Å². The molecule has 3 heteroatoms. The standard InChI is InChI=1S/C11H14O3/c1-9(11(12)13-2)14-8-10-6-4-3-5-7-10/h3-7,9H,8H2,1-2H3. The smallest absolute Gasteiger partial charge is 0.334 e. The average molecular weight is 194 g/mol. The lowest BCUT2D eigenvalue weighted by molar-refractivity contribution is -0.153. The Morgan fingerprint density at radius 3 is 2.57 bits per heavy atom. The molecule has 0 heterocycles. The summed E-state index contributed by atoms with van der Waals surface area (Å²) in [5, 5.41) is 0. The molecule has 0 aliphatic carbocycles. The topological polar surface area (TPSA) is 35.5 Å². The van der Waals surface area contributed by atoms with Crippen molar-refractivity contribution >= 4 is 5.97 Å². The van der Waals surface area contributed by atoms with Crippen molar-refractivity contribution in [2.45, 2.75) is 19.6 Å². The third-order valence-electron chi connectivity index (χ3n) is 1.88. The van der Waals surface area contributed by atoms with Gasteiger partial charge in [-0.1, -0.05) is 30.3 Å². The molecule has 1 aromatic carbocycles. The normalized spacial score (nSPS) is 12.1. The van der Waals surface area contributed by atoms with Crippen molar-refractivity contribution < 1.29 is 14.3 Å². The maximum absolute atomic E-state index is 11.0. The predicted molar refractivity (Wildman–Crippen MR) is 52.7 cm³/mol. The number of hydrogen-bond donors (Lipinski definition) is 0. The predicted octanol–water partition coefficient (Wildman–Crippen LogP) is 1.76. The molecule has 0 N–H and O–H groups in total. The van der Waals surface area contributed by atoms with Gasteiger partial charge in [-0.2, -0.15) is 0 Å². The van der Waals surface area contributed by atoms with Gasteiger partial charge >= 0.3 is 5.97 Å². The van der Waals surface area contributed by atoms with Crippen LogP contribution in [-0.2, 0) is 20.9 Å². The molecule has 0 fully saturated rings. The van der Waals surface area contributed by atoms with Crippen LogP contribution >= 0.6 is 0 Å². The molecule has 1 atom stereocenters. The fourth-order valence-corrected chi connectivity index (χ4v) is 1.03. The Hall–Kier alpha value is -1.35. The van der Waals surface area contributed by atoms with E-state index < -0.39 is 6.10 Å². The first-order valence-corrected chi connectivity index (χ1v) is 4.47. The molecule has 76 valence electrons. The first-order chi connectivity index (χ1) is 6.74. The Bertz CT molecular complexity index is 282. The molecular weight excluding hydrogens is 180 g/mol. The summed E-state index contributed by atoms with van der Waals surface area (Å²) in [5.41, 5.74) is 1.04. The van der Waals surface area contributed by atoms with Crippen molar-refractivity contribution in [2.75, 3.05) is 7.11 Å². The van der Waals surface area contributed by atoms with Crippen LogP contribution in [0.15, 0.2) is 30.3 Å². The van der Waals surface area contributed by atoms with E-state index in [1.807, 2.05) is 30.3 Å². The summed E-state index contributed by atoms with van der Waals surface area (Å²) in [4.78, 5) is 11.0. The summed E-state index contributed by atoms with van der Waals surface area (Å²) in [6.45, 7) is 2.10. The second kappa shape index (κ2) is 5.40. The molecule has 0 spiro atoms. The lowest BCUT2D eigenvalue weighted by atomic mass is 10.2. The highest BCUT2D eigenvalue weighted by atomic mass is 16.6. The molecule has 0 bridgehead atoms. The zero-order chi connectivity index (χ0) is 10.4. The zero-order valence-electron chi connectivity index (χ0n) is 8.40. The van der Waals surface area contributed by atoms with E-state index in [-0.39, 0.29) is 5.97 Å². The highest BCUT2D eigenvalue weighted by Gasteiger charge is 2.12. The summed E-state index contributed by atoms with van der Waals surface area (Å²) in [5.74, 6) is -0.346. The molecule has 3 nitrogen and oxygen atoms in total. The number of carbonyl (C=O) groups excluding carboxylic acids is 1. The van der Waals surface area contributed by atoms with Gasteiger partial charge in [0.25, 0.3) is 0 Å². The van der Waals surface area contributed by atoms with Crippen molar-refractivity contribution in [3.63, 3.8) is 0 Å². The van der Waals surface area contributed by atoms with E-state index in [2.05, 4.69) is 4.74 Å². The van der Waals surface area contributed by atoms with E-state index in [1.165, 1.54) is 7.11 Å². The molecule has 0 radical (unpaired) electrons. The molecule has 1 aromatic rings. The quantitative estimate of drug-likeness (QED) is 0.685. The Balaban J connectivity index is 2.38. The second-order valence-electron chi connectivity index (χ2n) is 2.96. The molecule has 1 rings (SSSR count). The Kier molecular flexibility index (Phi) is 4.13. The van der Waals surface area contributed by atoms with Gasteiger partial charge in [0.2, 0.25) is 0 Å². The Morgan fingerprint density at radius 1 is 1.36 bits per heavy atom. The van der Waals surface area contributed by atoms with Crippen LogP contribution in [0.25, 0.3) is 0 Å². The van der Waals surface area contributed by atoms with Crippen LogP contribution in [-0.4, -0.2) is 19.2 Å². The Labute approximate surface area is 83.6 Å². The van der Waals surface area contributed by atoms with Crippen LogP contribution in [0.4, 0.5) is 0 Å². The lowest BCUT2D eigenvalue weighted by Gasteiger charge is -2.10. The maximum atomic E-state index is 11.0. The minimum absolute atomic E-state index is 0.346. The van der Waals surface area contributed by atoms with Crippen molar-refractivity contribution in [3.05, 3.63) is 35.9 Å². The average Bonchev–Trinajstić information content (AvgIpc) is 2.26. The molecule has 0 amide bonds. The second-order valence-corrected chi connectivity index (χ2v) is 2.96. The van der Waals surface area contributed by atoms with E-state index in [9.17, 15) is 4.79 Å². The van der Waals surface area contributed by atoms with Crippen LogP contribution in [0, 0.1) is 0 Å². The lowest BCUT2D eigenvalue weighted by Crippen LogP contribution is -2.21. The van der Waals surface area contributed by atoms with Gasteiger partial charge in [-0.05, 0) is 12.5 Å². The van der Waals surface area contributed by atoms with E-state index in [4.69, 9.17) is 4.74 Å². The minimum Gasteiger partial charge on any atom is -0.467 e. The number of ether oxygens (including phenoxy) is 2. The molecule has 0 saturated carbocycles. The molecule has 0 aliphatic rings. The summed E-state index contributed by atoms with van der Waals surface area (Å²) in [6, 6.07) is 9.70. The van der Waals surface area contributed by atoms with Crippen LogP contribution < -0.4 is 0 Å². The largest absolute Gasteiger partial charge is 0.467 e. The first-order valence-electron chi connectivity index (χ1n) is 4.47. The summed E-state index contributed by atoms with van der Waals surface area (Å²) in [6.07, 6.45) is -0.514. The number of benzene rings is 1.